The highest BCUT2D eigenvalue weighted by Gasteiger charge is 2.28. The normalized spacial score (nSPS) is 30.2. The van der Waals surface area contributed by atoms with E-state index in [1.54, 1.807) is 13.0 Å². The Hall–Kier alpha value is -0.710. The summed E-state index contributed by atoms with van der Waals surface area (Å²) in [4.78, 5) is 11.2. The van der Waals surface area contributed by atoms with Crippen molar-refractivity contribution < 1.29 is 19.4 Å². The lowest BCUT2D eigenvalue weighted by Crippen LogP contribution is -2.36. The fourth-order valence-electron chi connectivity index (χ4n) is 1.07. The highest BCUT2D eigenvalue weighted by molar-refractivity contribution is 5.98. The summed E-state index contributed by atoms with van der Waals surface area (Å²) in [5.41, 5.74) is 0.576. The molecule has 1 heterocycles. The van der Waals surface area contributed by atoms with Crippen molar-refractivity contribution >= 4 is 5.78 Å². The molecule has 0 fully saturated rings. The number of Topliss-reactive ketones (excluding diaryl/α,β-unsaturated/α-hetero) is 1. The van der Waals surface area contributed by atoms with Crippen molar-refractivity contribution in [2.24, 2.45) is 0 Å². The molecule has 0 spiro atoms. The number of carbonyl (C=O) groups excluding carboxylic acids is 1. The van der Waals surface area contributed by atoms with Crippen LogP contribution in [0.25, 0.3) is 0 Å². The molecule has 0 saturated carbocycles. The maximum atomic E-state index is 11.2. The van der Waals surface area contributed by atoms with Crippen molar-refractivity contribution in [3.63, 3.8) is 0 Å². The van der Waals surface area contributed by atoms with Crippen molar-refractivity contribution in [2.75, 3.05) is 13.7 Å². The maximum Gasteiger partial charge on any atom is 0.222 e. The van der Waals surface area contributed by atoms with E-state index in [2.05, 4.69) is 0 Å². The van der Waals surface area contributed by atoms with Gasteiger partial charge in [-0.25, -0.2) is 0 Å². The summed E-state index contributed by atoms with van der Waals surface area (Å²) in [6.07, 6.45) is 0.317. The van der Waals surface area contributed by atoms with E-state index in [4.69, 9.17) is 14.6 Å². The lowest BCUT2D eigenvalue weighted by Gasteiger charge is -2.24. The van der Waals surface area contributed by atoms with Crippen LogP contribution in [-0.2, 0) is 14.3 Å². The van der Waals surface area contributed by atoms with Crippen LogP contribution in [0.1, 0.15) is 6.92 Å². The first-order valence-electron chi connectivity index (χ1n) is 3.70. The highest BCUT2D eigenvalue weighted by atomic mass is 16.7. The zero-order valence-corrected chi connectivity index (χ0v) is 7.11. The molecule has 0 aromatic rings. The van der Waals surface area contributed by atoms with E-state index in [1.807, 2.05) is 0 Å². The molecule has 1 rings (SSSR count). The van der Waals surface area contributed by atoms with Gasteiger partial charge in [-0.1, -0.05) is 0 Å². The Morgan fingerprint density at radius 2 is 2.42 bits per heavy atom. The summed E-state index contributed by atoms with van der Waals surface area (Å²) in [6, 6.07) is 0. The van der Waals surface area contributed by atoms with Gasteiger partial charge in [0.1, 0.15) is 6.10 Å². The molecule has 0 radical (unpaired) electrons. The fraction of sp³-hybridized carbons (Fsp3) is 0.625. The summed E-state index contributed by atoms with van der Waals surface area (Å²) in [5, 5.41) is 8.77. The Labute approximate surface area is 70.8 Å². The number of carbonyl (C=O) groups is 1. The molecule has 0 aromatic heterocycles. The molecular formula is C8H12O4. The molecule has 0 unspecified atom stereocenters. The highest BCUT2D eigenvalue weighted by Crippen LogP contribution is 2.15. The van der Waals surface area contributed by atoms with Crippen molar-refractivity contribution in [1.29, 1.82) is 0 Å². The largest absolute Gasteiger partial charge is 0.393 e. The number of hydrogen-bond donors (Lipinski definition) is 1. The third-order valence-electron chi connectivity index (χ3n) is 1.73. The quantitative estimate of drug-likeness (QED) is 0.630. The molecule has 68 valence electrons. The molecular weight excluding hydrogens is 160 g/mol. The van der Waals surface area contributed by atoms with E-state index in [-0.39, 0.29) is 12.4 Å². The Kier molecular flexibility index (Phi) is 2.97. The first-order chi connectivity index (χ1) is 5.69. The van der Waals surface area contributed by atoms with Crippen LogP contribution in [0.15, 0.2) is 11.6 Å². The molecule has 0 amide bonds. The SMILES string of the molecule is CO[C@H]1O[C@H](CO)C=C(C)C1=O. The molecule has 1 aliphatic rings. The van der Waals surface area contributed by atoms with Crippen molar-refractivity contribution in [3.8, 4) is 0 Å². The Bertz CT molecular complexity index is 209. The lowest BCUT2D eigenvalue weighted by atomic mass is 10.1. The van der Waals surface area contributed by atoms with Gasteiger partial charge in [-0.2, -0.15) is 0 Å². The second-order valence-electron chi connectivity index (χ2n) is 2.64. The van der Waals surface area contributed by atoms with E-state index in [0.717, 1.165) is 0 Å². The number of methoxy groups -OCH3 is 1. The van der Waals surface area contributed by atoms with Crippen LogP contribution >= 0.6 is 0 Å². The molecule has 0 saturated heterocycles. The maximum absolute atomic E-state index is 11.2. The molecule has 0 aromatic carbocycles. The van der Waals surface area contributed by atoms with Crippen LogP contribution in [0.4, 0.5) is 0 Å². The molecule has 4 heteroatoms. The minimum absolute atomic E-state index is 0.134. The van der Waals surface area contributed by atoms with Crippen LogP contribution in [0.3, 0.4) is 0 Å². The average molecular weight is 172 g/mol. The number of aliphatic hydroxyl groups excluding tert-OH is 1. The van der Waals surface area contributed by atoms with Crippen molar-refractivity contribution in [3.05, 3.63) is 11.6 Å². The number of ketones is 1. The number of ether oxygens (including phenoxy) is 2. The van der Waals surface area contributed by atoms with Gasteiger partial charge < -0.3 is 14.6 Å². The zero-order valence-electron chi connectivity index (χ0n) is 7.11. The standard InChI is InChI=1S/C8H12O4/c1-5-3-6(4-9)12-8(11-2)7(5)10/h3,6,8-9H,4H2,1-2H3/t6-,8-/m0/s1. The monoisotopic (exact) mass is 172 g/mol. The molecule has 2 atom stereocenters. The average Bonchev–Trinajstić information content (AvgIpc) is 2.09. The molecule has 4 nitrogen and oxygen atoms in total. The van der Waals surface area contributed by atoms with Gasteiger partial charge in [0.25, 0.3) is 0 Å². The van der Waals surface area contributed by atoms with Crippen LogP contribution in [-0.4, -0.2) is 37.0 Å². The lowest BCUT2D eigenvalue weighted by molar-refractivity contribution is -0.174. The summed E-state index contributed by atoms with van der Waals surface area (Å²) >= 11 is 0. The molecule has 1 N–H and O–H groups in total. The minimum atomic E-state index is -0.854. The Balaban J connectivity index is 2.76. The van der Waals surface area contributed by atoms with Crippen molar-refractivity contribution in [2.45, 2.75) is 19.3 Å². The van der Waals surface area contributed by atoms with Crippen LogP contribution in [0, 0.1) is 0 Å². The second kappa shape index (κ2) is 3.80. The zero-order chi connectivity index (χ0) is 9.14. The smallest absolute Gasteiger partial charge is 0.222 e. The van der Waals surface area contributed by atoms with E-state index >= 15 is 0 Å². The van der Waals surface area contributed by atoms with E-state index < -0.39 is 12.4 Å². The molecule has 1 aliphatic heterocycles. The van der Waals surface area contributed by atoms with Gasteiger partial charge in [-0.05, 0) is 18.6 Å². The fourth-order valence-corrected chi connectivity index (χ4v) is 1.07. The van der Waals surface area contributed by atoms with Gasteiger partial charge in [-0.3, -0.25) is 4.79 Å². The van der Waals surface area contributed by atoms with Gasteiger partial charge in [0.15, 0.2) is 0 Å². The Morgan fingerprint density at radius 1 is 1.75 bits per heavy atom. The third-order valence-corrected chi connectivity index (χ3v) is 1.73. The van der Waals surface area contributed by atoms with Gasteiger partial charge in [-0.15, -0.1) is 0 Å². The minimum Gasteiger partial charge on any atom is -0.393 e. The predicted octanol–water partition coefficient (Wildman–Crippen LogP) is -0.135. The third kappa shape index (κ3) is 1.72. The van der Waals surface area contributed by atoms with E-state index in [9.17, 15) is 4.79 Å². The van der Waals surface area contributed by atoms with Crippen LogP contribution in [0.2, 0.25) is 0 Å². The van der Waals surface area contributed by atoms with Gasteiger partial charge in [0.2, 0.25) is 12.1 Å². The Morgan fingerprint density at radius 3 is 2.92 bits per heavy atom. The van der Waals surface area contributed by atoms with Crippen LogP contribution < -0.4 is 0 Å². The van der Waals surface area contributed by atoms with Gasteiger partial charge >= 0.3 is 0 Å². The van der Waals surface area contributed by atoms with E-state index in [0.29, 0.717) is 5.57 Å². The molecule has 12 heavy (non-hydrogen) atoms. The first-order valence-corrected chi connectivity index (χ1v) is 3.70. The van der Waals surface area contributed by atoms with Gasteiger partial charge in [0.05, 0.1) is 6.61 Å². The summed E-state index contributed by atoms with van der Waals surface area (Å²) in [7, 11) is 1.40. The summed E-state index contributed by atoms with van der Waals surface area (Å²) in [6.45, 7) is 1.55. The molecule has 0 bridgehead atoms. The summed E-state index contributed by atoms with van der Waals surface area (Å²) < 4.78 is 9.85. The number of hydrogen-bond acceptors (Lipinski definition) is 4. The second-order valence-corrected chi connectivity index (χ2v) is 2.64. The van der Waals surface area contributed by atoms with Crippen LogP contribution in [0.5, 0.6) is 0 Å². The summed E-state index contributed by atoms with van der Waals surface area (Å²) in [5.74, 6) is -0.179. The van der Waals surface area contributed by atoms with Gasteiger partial charge in [0, 0.05) is 7.11 Å². The number of rotatable bonds is 2. The number of aliphatic hydroxyl groups is 1. The topological polar surface area (TPSA) is 55.8 Å². The predicted molar refractivity (Wildman–Crippen MR) is 41.5 cm³/mol. The first kappa shape index (κ1) is 9.38. The van der Waals surface area contributed by atoms with Crippen molar-refractivity contribution in [1.82, 2.24) is 0 Å². The van der Waals surface area contributed by atoms with E-state index in [1.165, 1.54) is 7.11 Å². The molecule has 0 aliphatic carbocycles.